The van der Waals surface area contributed by atoms with Crippen molar-refractivity contribution < 1.29 is 9.53 Å². The van der Waals surface area contributed by atoms with Crippen LogP contribution < -0.4 is 5.32 Å². The van der Waals surface area contributed by atoms with E-state index in [0.29, 0.717) is 23.7 Å². The molecule has 1 aromatic heterocycles. The molecule has 2 aliphatic rings. The molecule has 1 N–H and O–H groups in total. The number of amides is 1. The predicted molar refractivity (Wildman–Crippen MR) is 135 cm³/mol. The Hall–Kier alpha value is -0.910. The highest BCUT2D eigenvalue weighted by atomic mass is 32.1. The molecule has 3 atom stereocenters. The molecule has 1 aliphatic heterocycles. The van der Waals surface area contributed by atoms with Crippen LogP contribution in [0.4, 0.5) is 0 Å². The van der Waals surface area contributed by atoms with Gasteiger partial charge in [-0.05, 0) is 80.8 Å². The van der Waals surface area contributed by atoms with Gasteiger partial charge in [-0.2, -0.15) is 0 Å². The lowest BCUT2D eigenvalue weighted by molar-refractivity contribution is -0.134. The van der Waals surface area contributed by atoms with Gasteiger partial charge in [0.25, 0.3) is 0 Å². The summed E-state index contributed by atoms with van der Waals surface area (Å²) < 4.78 is 5.26. The maximum Gasteiger partial charge on any atom is 0.222 e. The lowest BCUT2D eigenvalue weighted by atomic mass is 9.80. The van der Waals surface area contributed by atoms with Crippen molar-refractivity contribution in [3.63, 3.8) is 0 Å². The van der Waals surface area contributed by atoms with Gasteiger partial charge in [-0.25, -0.2) is 0 Å². The Bertz CT molecular complexity index is 630. The van der Waals surface area contributed by atoms with Crippen molar-refractivity contribution >= 4 is 17.2 Å². The molecule has 0 radical (unpaired) electrons. The zero-order valence-electron chi connectivity index (χ0n) is 20.5. The van der Waals surface area contributed by atoms with Crippen LogP contribution in [0, 0.1) is 17.8 Å². The number of thiophene rings is 1. The third-order valence-corrected chi connectivity index (χ3v) is 8.75. The van der Waals surface area contributed by atoms with Crippen LogP contribution in [-0.2, 0) is 9.53 Å². The van der Waals surface area contributed by atoms with E-state index in [-0.39, 0.29) is 0 Å². The standard InChI is InChI=1S/C27H46N2O2S/c1-28-20-23(18-22-10-4-3-5-11-22)19-27(30)29-15-8-12-24(21-29)25(13-6-7-16-31-2)26-14-9-17-32-26/h9,14,17,22-25,28H,3-8,10-13,15-16,18-21H2,1-2H3/t23-,24-,25-/m1/s1. The van der Waals surface area contributed by atoms with E-state index in [2.05, 4.69) is 27.7 Å². The van der Waals surface area contributed by atoms with E-state index in [1.54, 1.807) is 7.11 Å². The van der Waals surface area contributed by atoms with Crippen molar-refractivity contribution in [2.45, 2.75) is 83.0 Å². The molecule has 1 amide bonds. The molecule has 2 fully saturated rings. The van der Waals surface area contributed by atoms with Gasteiger partial charge in [0.2, 0.25) is 5.91 Å². The van der Waals surface area contributed by atoms with Crippen LogP contribution in [0.15, 0.2) is 17.5 Å². The van der Waals surface area contributed by atoms with Gasteiger partial charge in [0.05, 0.1) is 0 Å². The van der Waals surface area contributed by atoms with Gasteiger partial charge in [0.1, 0.15) is 0 Å². The number of methoxy groups -OCH3 is 1. The smallest absolute Gasteiger partial charge is 0.222 e. The van der Waals surface area contributed by atoms with Crippen molar-refractivity contribution in [1.29, 1.82) is 0 Å². The molecule has 1 saturated carbocycles. The first-order valence-corrected chi connectivity index (χ1v) is 14.0. The second-order valence-electron chi connectivity index (χ2n) is 10.2. The van der Waals surface area contributed by atoms with E-state index in [0.717, 1.165) is 51.4 Å². The van der Waals surface area contributed by atoms with Crippen molar-refractivity contribution in [3.05, 3.63) is 22.4 Å². The van der Waals surface area contributed by atoms with E-state index >= 15 is 0 Å². The Morgan fingerprint density at radius 3 is 2.78 bits per heavy atom. The van der Waals surface area contributed by atoms with E-state index in [1.165, 1.54) is 62.7 Å². The summed E-state index contributed by atoms with van der Waals surface area (Å²) in [4.78, 5) is 17.1. The van der Waals surface area contributed by atoms with E-state index in [1.807, 2.05) is 18.4 Å². The Labute approximate surface area is 200 Å². The highest BCUT2D eigenvalue weighted by Gasteiger charge is 2.31. The summed E-state index contributed by atoms with van der Waals surface area (Å²) in [7, 11) is 3.82. The fourth-order valence-corrected chi connectivity index (χ4v) is 7.04. The minimum absolute atomic E-state index is 0.398. The molecular formula is C27H46N2O2S. The number of piperidine rings is 1. The van der Waals surface area contributed by atoms with Gasteiger partial charge >= 0.3 is 0 Å². The van der Waals surface area contributed by atoms with Crippen molar-refractivity contribution in [2.24, 2.45) is 17.8 Å². The molecule has 5 heteroatoms. The molecule has 1 saturated heterocycles. The van der Waals surface area contributed by atoms with Crippen LogP contribution in [-0.4, -0.2) is 51.2 Å². The summed E-state index contributed by atoms with van der Waals surface area (Å²) in [6.07, 6.45) is 14.8. The molecule has 4 nitrogen and oxygen atoms in total. The summed E-state index contributed by atoms with van der Waals surface area (Å²) in [6, 6.07) is 4.49. The molecule has 182 valence electrons. The third-order valence-electron chi connectivity index (χ3n) is 7.75. The summed E-state index contributed by atoms with van der Waals surface area (Å²) in [5, 5.41) is 5.57. The number of ether oxygens (including phenoxy) is 1. The van der Waals surface area contributed by atoms with Gasteiger partial charge in [0.15, 0.2) is 0 Å². The van der Waals surface area contributed by atoms with Crippen molar-refractivity contribution in [2.75, 3.05) is 40.4 Å². The quantitative estimate of drug-likeness (QED) is 0.361. The van der Waals surface area contributed by atoms with E-state index in [4.69, 9.17) is 4.74 Å². The Morgan fingerprint density at radius 2 is 2.06 bits per heavy atom. The maximum atomic E-state index is 13.4. The molecule has 2 heterocycles. The van der Waals surface area contributed by atoms with E-state index in [9.17, 15) is 4.79 Å². The second kappa shape index (κ2) is 14.4. The molecule has 0 aromatic carbocycles. The first-order chi connectivity index (χ1) is 15.7. The fraction of sp³-hybridized carbons (Fsp3) is 0.815. The third kappa shape index (κ3) is 8.14. The minimum atomic E-state index is 0.398. The fourth-order valence-electron chi connectivity index (χ4n) is 6.09. The predicted octanol–water partition coefficient (Wildman–Crippen LogP) is 6.08. The number of nitrogens with zero attached hydrogens (tertiary/aromatic N) is 1. The molecule has 0 unspecified atom stereocenters. The van der Waals surface area contributed by atoms with Crippen molar-refractivity contribution in [1.82, 2.24) is 10.2 Å². The maximum absolute atomic E-state index is 13.4. The van der Waals surface area contributed by atoms with Crippen LogP contribution in [0.25, 0.3) is 0 Å². The number of rotatable bonds is 13. The zero-order chi connectivity index (χ0) is 22.6. The number of nitrogens with one attached hydrogen (secondary N) is 1. The largest absolute Gasteiger partial charge is 0.385 e. The number of unbranched alkanes of at least 4 members (excludes halogenated alkanes) is 1. The lowest BCUT2D eigenvalue weighted by Crippen LogP contribution is -2.42. The molecule has 0 bridgehead atoms. The highest BCUT2D eigenvalue weighted by molar-refractivity contribution is 7.10. The first-order valence-electron chi connectivity index (χ1n) is 13.2. The monoisotopic (exact) mass is 462 g/mol. The van der Waals surface area contributed by atoms with Gasteiger partial charge < -0.3 is 15.0 Å². The van der Waals surface area contributed by atoms with Crippen LogP contribution >= 0.6 is 11.3 Å². The number of likely N-dealkylation sites (tertiary alicyclic amines) is 1. The lowest BCUT2D eigenvalue weighted by Gasteiger charge is -2.38. The molecule has 0 spiro atoms. The number of carbonyl (C=O) groups is 1. The number of carbonyl (C=O) groups excluding carboxylic acids is 1. The average Bonchev–Trinajstić information content (AvgIpc) is 3.34. The summed E-state index contributed by atoms with van der Waals surface area (Å²) in [6.45, 7) is 3.71. The number of hydrogen-bond acceptors (Lipinski definition) is 4. The second-order valence-corrected chi connectivity index (χ2v) is 11.2. The normalized spacial score (nSPS) is 22.1. The molecule has 3 rings (SSSR count). The zero-order valence-corrected chi connectivity index (χ0v) is 21.3. The van der Waals surface area contributed by atoms with Gasteiger partial charge in [-0.3, -0.25) is 4.79 Å². The summed E-state index contributed by atoms with van der Waals surface area (Å²) in [5.41, 5.74) is 0. The van der Waals surface area contributed by atoms with Crippen LogP contribution in [0.5, 0.6) is 0 Å². The molecule has 32 heavy (non-hydrogen) atoms. The average molecular weight is 463 g/mol. The summed E-state index contributed by atoms with van der Waals surface area (Å²) in [5.74, 6) is 2.89. The van der Waals surface area contributed by atoms with Gasteiger partial charge in [-0.15, -0.1) is 11.3 Å². The molecule has 1 aliphatic carbocycles. The SMILES string of the molecule is CNC[C@@H](CC(=O)N1CCC[C@@H]([C@@H](CCCCOC)c2cccs2)C1)CC1CCCCC1. The van der Waals surface area contributed by atoms with Crippen LogP contribution in [0.1, 0.15) is 87.8 Å². The van der Waals surface area contributed by atoms with Crippen molar-refractivity contribution in [3.8, 4) is 0 Å². The Kier molecular flexibility index (Phi) is 11.5. The van der Waals surface area contributed by atoms with Gasteiger partial charge in [0, 0.05) is 38.1 Å². The highest BCUT2D eigenvalue weighted by Crippen LogP contribution is 2.38. The minimum Gasteiger partial charge on any atom is -0.385 e. The first kappa shape index (κ1) is 25.7. The van der Waals surface area contributed by atoms with Gasteiger partial charge in [-0.1, -0.05) is 44.6 Å². The van der Waals surface area contributed by atoms with Crippen LogP contribution in [0.2, 0.25) is 0 Å². The molecular weight excluding hydrogens is 416 g/mol. The molecule has 1 aromatic rings. The Balaban J connectivity index is 1.56. The van der Waals surface area contributed by atoms with E-state index < -0.39 is 0 Å². The van der Waals surface area contributed by atoms with Crippen LogP contribution in [0.3, 0.4) is 0 Å². The Morgan fingerprint density at radius 1 is 1.22 bits per heavy atom. The summed E-state index contributed by atoms with van der Waals surface area (Å²) >= 11 is 1.89. The topological polar surface area (TPSA) is 41.6 Å². The number of hydrogen-bond donors (Lipinski definition) is 1.